The van der Waals surface area contributed by atoms with Crippen LogP contribution in [-0.4, -0.2) is 0 Å². The molecule has 0 radical (unpaired) electrons. The van der Waals surface area contributed by atoms with Gasteiger partial charge >= 0.3 is 0 Å². The third kappa shape index (κ3) is 1.33. The second-order valence-electron chi connectivity index (χ2n) is 4.78. The monoisotopic (exact) mass is 187 g/mol. The SMILES string of the molecule is CC1=CCC(C)(C)c2cc(N)ccc21. The minimum Gasteiger partial charge on any atom is -0.399 e. The zero-order valence-corrected chi connectivity index (χ0v) is 9.09. The first-order valence-corrected chi connectivity index (χ1v) is 5.08. The Bertz CT molecular complexity index is 400. The Morgan fingerprint density at radius 3 is 2.71 bits per heavy atom. The summed E-state index contributed by atoms with van der Waals surface area (Å²) in [7, 11) is 0. The van der Waals surface area contributed by atoms with Gasteiger partial charge < -0.3 is 5.73 Å². The molecule has 0 bridgehead atoms. The van der Waals surface area contributed by atoms with Gasteiger partial charge in [-0.05, 0) is 47.6 Å². The van der Waals surface area contributed by atoms with E-state index in [2.05, 4.69) is 39.0 Å². The van der Waals surface area contributed by atoms with E-state index in [1.807, 2.05) is 6.07 Å². The maximum Gasteiger partial charge on any atom is 0.0317 e. The van der Waals surface area contributed by atoms with Crippen LogP contribution in [0.4, 0.5) is 5.69 Å². The zero-order chi connectivity index (χ0) is 10.3. The van der Waals surface area contributed by atoms with E-state index in [1.54, 1.807) is 0 Å². The van der Waals surface area contributed by atoms with Gasteiger partial charge in [-0.2, -0.15) is 0 Å². The predicted octanol–water partition coefficient (Wildman–Crippen LogP) is 3.35. The summed E-state index contributed by atoms with van der Waals surface area (Å²) in [4.78, 5) is 0. The van der Waals surface area contributed by atoms with Crippen LogP contribution in [0.3, 0.4) is 0 Å². The molecule has 1 nitrogen and oxygen atoms in total. The number of anilines is 1. The molecule has 0 amide bonds. The molecule has 14 heavy (non-hydrogen) atoms. The van der Waals surface area contributed by atoms with Gasteiger partial charge in [-0.1, -0.05) is 26.0 Å². The van der Waals surface area contributed by atoms with Crippen LogP contribution in [0.1, 0.15) is 38.3 Å². The number of hydrogen-bond acceptors (Lipinski definition) is 1. The highest BCUT2D eigenvalue weighted by atomic mass is 14.5. The number of nitrogen functional groups attached to an aromatic ring is 1. The third-order valence-corrected chi connectivity index (χ3v) is 3.12. The number of rotatable bonds is 0. The van der Waals surface area contributed by atoms with Gasteiger partial charge in [-0.15, -0.1) is 0 Å². The van der Waals surface area contributed by atoms with Crippen molar-refractivity contribution < 1.29 is 0 Å². The molecule has 0 saturated heterocycles. The van der Waals surface area contributed by atoms with Gasteiger partial charge in [0, 0.05) is 5.69 Å². The minimum atomic E-state index is 0.226. The molecule has 0 fully saturated rings. The molecule has 0 spiro atoms. The van der Waals surface area contributed by atoms with E-state index in [4.69, 9.17) is 5.73 Å². The van der Waals surface area contributed by atoms with Crippen LogP contribution in [0.5, 0.6) is 0 Å². The van der Waals surface area contributed by atoms with Crippen molar-refractivity contribution in [2.75, 3.05) is 5.73 Å². The standard InChI is InChI=1S/C13H17N/c1-9-6-7-13(2,3)12-8-10(14)4-5-11(9)12/h4-6,8H,7,14H2,1-3H3. The van der Waals surface area contributed by atoms with Crippen LogP contribution in [0.25, 0.3) is 5.57 Å². The van der Waals surface area contributed by atoms with Crippen LogP contribution in [0, 0.1) is 0 Å². The fourth-order valence-electron chi connectivity index (χ4n) is 2.09. The molecule has 0 unspecified atom stereocenters. The smallest absolute Gasteiger partial charge is 0.0317 e. The molecule has 0 aliphatic heterocycles. The van der Waals surface area contributed by atoms with E-state index in [9.17, 15) is 0 Å². The van der Waals surface area contributed by atoms with Gasteiger partial charge in [-0.25, -0.2) is 0 Å². The van der Waals surface area contributed by atoms with Gasteiger partial charge in [0.15, 0.2) is 0 Å². The highest BCUT2D eigenvalue weighted by Gasteiger charge is 2.26. The molecule has 1 heteroatoms. The Kier molecular flexibility index (Phi) is 1.91. The Morgan fingerprint density at radius 2 is 2.00 bits per heavy atom. The Morgan fingerprint density at radius 1 is 1.29 bits per heavy atom. The Balaban J connectivity index is 2.66. The van der Waals surface area contributed by atoms with E-state index in [0.29, 0.717) is 0 Å². The van der Waals surface area contributed by atoms with Crippen LogP contribution < -0.4 is 5.73 Å². The number of fused-ring (bicyclic) bond motifs is 1. The van der Waals surface area contributed by atoms with Crippen molar-refractivity contribution in [3.63, 3.8) is 0 Å². The molecule has 2 N–H and O–H groups in total. The second kappa shape index (κ2) is 2.88. The first kappa shape index (κ1) is 9.32. The first-order chi connectivity index (χ1) is 6.50. The van der Waals surface area contributed by atoms with E-state index in [0.717, 1.165) is 12.1 Å². The fourth-order valence-corrected chi connectivity index (χ4v) is 2.09. The van der Waals surface area contributed by atoms with Crippen LogP contribution in [0.2, 0.25) is 0 Å². The van der Waals surface area contributed by atoms with Crippen molar-refractivity contribution in [3.05, 3.63) is 35.4 Å². The van der Waals surface area contributed by atoms with Crippen LogP contribution in [-0.2, 0) is 5.41 Å². The maximum absolute atomic E-state index is 5.83. The van der Waals surface area contributed by atoms with Gasteiger partial charge in [0.2, 0.25) is 0 Å². The van der Waals surface area contributed by atoms with Crippen molar-refractivity contribution in [1.82, 2.24) is 0 Å². The summed E-state index contributed by atoms with van der Waals surface area (Å²) in [6.07, 6.45) is 3.42. The molecule has 1 aromatic rings. The molecule has 1 aromatic carbocycles. The molecular formula is C13H17N. The molecule has 0 saturated carbocycles. The van der Waals surface area contributed by atoms with Crippen molar-refractivity contribution in [2.24, 2.45) is 0 Å². The summed E-state index contributed by atoms with van der Waals surface area (Å²) >= 11 is 0. The summed E-state index contributed by atoms with van der Waals surface area (Å²) in [5.41, 5.74) is 11.0. The van der Waals surface area contributed by atoms with Crippen molar-refractivity contribution in [2.45, 2.75) is 32.6 Å². The van der Waals surface area contributed by atoms with Crippen molar-refractivity contribution in [3.8, 4) is 0 Å². The lowest BCUT2D eigenvalue weighted by Gasteiger charge is -2.31. The van der Waals surface area contributed by atoms with Gasteiger partial charge in [-0.3, -0.25) is 0 Å². The number of nitrogens with two attached hydrogens (primary N) is 1. The third-order valence-electron chi connectivity index (χ3n) is 3.12. The summed E-state index contributed by atoms with van der Waals surface area (Å²) < 4.78 is 0. The van der Waals surface area contributed by atoms with Crippen molar-refractivity contribution in [1.29, 1.82) is 0 Å². The average Bonchev–Trinajstić information content (AvgIpc) is 2.12. The highest BCUT2D eigenvalue weighted by Crippen LogP contribution is 2.39. The molecule has 1 aliphatic rings. The quantitative estimate of drug-likeness (QED) is 0.619. The molecule has 0 atom stereocenters. The summed E-state index contributed by atoms with van der Waals surface area (Å²) in [6.45, 7) is 6.71. The van der Waals surface area contributed by atoms with Crippen LogP contribution in [0.15, 0.2) is 24.3 Å². The van der Waals surface area contributed by atoms with E-state index in [1.165, 1.54) is 16.7 Å². The first-order valence-electron chi connectivity index (χ1n) is 5.08. The van der Waals surface area contributed by atoms with E-state index < -0.39 is 0 Å². The highest BCUT2D eigenvalue weighted by molar-refractivity contribution is 5.72. The molecule has 2 rings (SSSR count). The van der Waals surface area contributed by atoms with Crippen molar-refractivity contribution >= 4 is 11.3 Å². The largest absolute Gasteiger partial charge is 0.399 e. The fraction of sp³-hybridized carbons (Fsp3) is 0.385. The summed E-state index contributed by atoms with van der Waals surface area (Å²) in [5, 5.41) is 0. The molecule has 1 aliphatic carbocycles. The molecule has 0 heterocycles. The second-order valence-corrected chi connectivity index (χ2v) is 4.78. The molecule has 0 aromatic heterocycles. The zero-order valence-electron chi connectivity index (χ0n) is 9.09. The maximum atomic E-state index is 5.83. The molecule has 74 valence electrons. The topological polar surface area (TPSA) is 26.0 Å². The number of allylic oxidation sites excluding steroid dienone is 2. The number of hydrogen-bond donors (Lipinski definition) is 1. The Labute approximate surface area is 85.6 Å². The van der Waals surface area contributed by atoms with E-state index >= 15 is 0 Å². The lowest BCUT2D eigenvalue weighted by atomic mass is 9.73. The Hall–Kier alpha value is -1.24. The lowest BCUT2D eigenvalue weighted by molar-refractivity contribution is 0.527. The summed E-state index contributed by atoms with van der Waals surface area (Å²) in [6, 6.07) is 6.24. The van der Waals surface area contributed by atoms with Gasteiger partial charge in [0.25, 0.3) is 0 Å². The van der Waals surface area contributed by atoms with Crippen LogP contribution >= 0.6 is 0 Å². The van der Waals surface area contributed by atoms with Gasteiger partial charge in [0.05, 0.1) is 0 Å². The lowest BCUT2D eigenvalue weighted by Crippen LogP contribution is -2.21. The average molecular weight is 187 g/mol. The van der Waals surface area contributed by atoms with Gasteiger partial charge in [0.1, 0.15) is 0 Å². The molecular weight excluding hydrogens is 170 g/mol. The summed E-state index contributed by atoms with van der Waals surface area (Å²) in [5.74, 6) is 0. The predicted molar refractivity (Wildman–Crippen MR) is 62.1 cm³/mol. The van der Waals surface area contributed by atoms with E-state index in [-0.39, 0.29) is 5.41 Å². The minimum absolute atomic E-state index is 0.226. The number of benzene rings is 1. The normalized spacial score (nSPS) is 18.6.